The van der Waals surface area contributed by atoms with Crippen LogP contribution in [0.3, 0.4) is 0 Å². The largest absolute Gasteiger partial charge is 0.333 e. The van der Waals surface area contributed by atoms with Crippen LogP contribution in [-0.4, -0.2) is 21.9 Å². The first kappa shape index (κ1) is 10.6. The lowest BCUT2D eigenvalue weighted by Crippen LogP contribution is -2.59. The van der Waals surface area contributed by atoms with E-state index in [9.17, 15) is 4.79 Å². The Morgan fingerprint density at radius 3 is 2.15 bits per heavy atom. The predicted molar refractivity (Wildman–Crippen MR) is 54.5 cm³/mol. The maximum Gasteiger partial charge on any atom is 0.223 e. The van der Waals surface area contributed by atoms with E-state index in [-0.39, 0.29) is 11.1 Å². The summed E-state index contributed by atoms with van der Waals surface area (Å²) < 4.78 is 0. The number of nitrogens with zero attached hydrogens (tertiary/aromatic N) is 1. The molecule has 0 aliphatic carbocycles. The van der Waals surface area contributed by atoms with Crippen LogP contribution in [0.25, 0.3) is 0 Å². The maximum absolute atomic E-state index is 11.8. The third-order valence-electron chi connectivity index (χ3n) is 2.70. The first-order chi connectivity index (χ1) is 5.75. The van der Waals surface area contributed by atoms with Gasteiger partial charge >= 0.3 is 0 Å². The second-order valence-electron chi connectivity index (χ2n) is 5.57. The summed E-state index contributed by atoms with van der Waals surface area (Å²) in [4.78, 5) is 13.8. The Morgan fingerprint density at radius 2 is 1.85 bits per heavy atom. The smallest absolute Gasteiger partial charge is 0.223 e. The molecule has 2 heteroatoms. The lowest BCUT2D eigenvalue weighted by molar-refractivity contribution is -0.148. The van der Waals surface area contributed by atoms with Gasteiger partial charge in [-0.2, -0.15) is 0 Å². The van der Waals surface area contributed by atoms with E-state index in [0.717, 1.165) is 19.3 Å². The van der Waals surface area contributed by atoms with Crippen molar-refractivity contribution in [2.75, 3.05) is 0 Å². The van der Waals surface area contributed by atoms with Crippen LogP contribution in [0, 0.1) is 0 Å². The molecule has 0 unspecified atom stereocenters. The van der Waals surface area contributed by atoms with Crippen molar-refractivity contribution in [3.05, 3.63) is 0 Å². The molecule has 0 aromatic carbocycles. The Kier molecular flexibility index (Phi) is 2.44. The third-order valence-corrected chi connectivity index (χ3v) is 2.70. The second-order valence-corrected chi connectivity index (χ2v) is 5.57. The Labute approximate surface area is 81.3 Å². The molecule has 0 N–H and O–H groups in total. The van der Waals surface area contributed by atoms with Gasteiger partial charge in [-0.15, -0.1) is 0 Å². The molecule has 0 aromatic rings. The van der Waals surface area contributed by atoms with E-state index in [1.54, 1.807) is 0 Å². The second kappa shape index (κ2) is 3.00. The fourth-order valence-corrected chi connectivity index (χ4v) is 2.52. The topological polar surface area (TPSA) is 20.3 Å². The molecule has 0 atom stereocenters. The molecule has 2 nitrogen and oxygen atoms in total. The zero-order valence-corrected chi connectivity index (χ0v) is 9.48. The maximum atomic E-state index is 11.8. The van der Waals surface area contributed by atoms with Gasteiger partial charge in [-0.25, -0.2) is 0 Å². The Morgan fingerprint density at radius 1 is 1.31 bits per heavy atom. The highest BCUT2D eigenvalue weighted by Gasteiger charge is 2.40. The number of likely N-dealkylation sites (tertiary alicyclic amines) is 1. The van der Waals surface area contributed by atoms with Gasteiger partial charge in [0.2, 0.25) is 5.91 Å². The molecule has 1 fully saturated rings. The molecule has 13 heavy (non-hydrogen) atoms. The van der Waals surface area contributed by atoms with E-state index in [4.69, 9.17) is 0 Å². The Balaban J connectivity index is 2.94. The fourth-order valence-electron chi connectivity index (χ4n) is 2.52. The highest BCUT2D eigenvalue weighted by Crippen LogP contribution is 2.34. The summed E-state index contributed by atoms with van der Waals surface area (Å²) in [6.07, 6.45) is 2.88. The van der Waals surface area contributed by atoms with E-state index < -0.39 is 0 Å². The first-order valence-corrected chi connectivity index (χ1v) is 5.08. The van der Waals surface area contributed by atoms with Crippen LogP contribution in [0.1, 0.15) is 53.9 Å². The normalized spacial score (nSPS) is 23.5. The lowest BCUT2D eigenvalue weighted by atomic mass is 9.85. The van der Waals surface area contributed by atoms with Crippen molar-refractivity contribution in [1.82, 2.24) is 4.90 Å². The summed E-state index contributed by atoms with van der Waals surface area (Å²) in [5.41, 5.74) is -0.00537. The monoisotopic (exact) mass is 183 g/mol. The summed E-state index contributed by atoms with van der Waals surface area (Å²) in [7, 11) is 0. The Hall–Kier alpha value is -0.530. The molecule has 1 aliphatic heterocycles. The quantitative estimate of drug-likeness (QED) is 0.565. The number of piperidine rings is 1. The van der Waals surface area contributed by atoms with Gasteiger partial charge in [0.1, 0.15) is 0 Å². The van der Waals surface area contributed by atoms with Gasteiger partial charge in [0, 0.05) is 17.5 Å². The molecule has 0 aromatic heterocycles. The summed E-state index contributed by atoms with van der Waals surface area (Å²) in [6.45, 7) is 10.7. The summed E-state index contributed by atoms with van der Waals surface area (Å²) in [6, 6.07) is 0. The van der Waals surface area contributed by atoms with Crippen molar-refractivity contribution >= 4 is 5.91 Å². The van der Waals surface area contributed by atoms with Crippen LogP contribution in [0.15, 0.2) is 0 Å². The number of hydrogen-bond donors (Lipinski definition) is 0. The van der Waals surface area contributed by atoms with E-state index >= 15 is 0 Å². The number of rotatable bonds is 0. The van der Waals surface area contributed by atoms with E-state index in [1.165, 1.54) is 0 Å². The molecular weight excluding hydrogens is 162 g/mol. The molecule has 0 radical (unpaired) electrons. The number of hydrogen-bond acceptors (Lipinski definition) is 1. The third kappa shape index (κ3) is 2.04. The van der Waals surface area contributed by atoms with E-state index in [0.29, 0.717) is 5.91 Å². The van der Waals surface area contributed by atoms with Crippen molar-refractivity contribution in [3.63, 3.8) is 0 Å². The van der Waals surface area contributed by atoms with Crippen LogP contribution in [0.5, 0.6) is 0 Å². The SMILES string of the molecule is CC(C)(C)N1C(=O)CCCC1(C)C. The van der Waals surface area contributed by atoms with Crippen molar-refractivity contribution in [2.45, 2.75) is 65.0 Å². The molecule has 1 heterocycles. The van der Waals surface area contributed by atoms with Crippen LogP contribution in [-0.2, 0) is 4.79 Å². The lowest BCUT2D eigenvalue weighted by Gasteiger charge is -2.50. The van der Waals surface area contributed by atoms with Crippen LogP contribution in [0.2, 0.25) is 0 Å². The minimum atomic E-state index is -0.0407. The molecule has 1 amide bonds. The molecular formula is C11H21NO. The fraction of sp³-hybridized carbons (Fsp3) is 0.909. The minimum absolute atomic E-state index is 0.0353. The highest BCUT2D eigenvalue weighted by atomic mass is 16.2. The molecule has 76 valence electrons. The van der Waals surface area contributed by atoms with Crippen LogP contribution < -0.4 is 0 Å². The molecule has 0 bridgehead atoms. The number of carbonyl (C=O) groups excluding carboxylic acids is 1. The molecule has 1 saturated heterocycles. The predicted octanol–water partition coefficient (Wildman–Crippen LogP) is 2.58. The van der Waals surface area contributed by atoms with E-state index in [1.807, 2.05) is 4.90 Å². The van der Waals surface area contributed by atoms with Crippen LogP contribution >= 0.6 is 0 Å². The summed E-state index contributed by atoms with van der Waals surface area (Å²) in [5.74, 6) is 0.309. The Bertz CT molecular complexity index is 213. The molecule has 1 rings (SSSR count). The van der Waals surface area contributed by atoms with Gasteiger partial charge in [0.05, 0.1) is 0 Å². The zero-order chi connectivity index (χ0) is 10.3. The van der Waals surface area contributed by atoms with Gasteiger partial charge < -0.3 is 4.90 Å². The summed E-state index contributed by atoms with van der Waals surface area (Å²) >= 11 is 0. The van der Waals surface area contributed by atoms with Crippen molar-refractivity contribution in [3.8, 4) is 0 Å². The summed E-state index contributed by atoms with van der Waals surface area (Å²) in [5, 5.41) is 0. The first-order valence-electron chi connectivity index (χ1n) is 5.08. The number of amides is 1. The average molecular weight is 183 g/mol. The minimum Gasteiger partial charge on any atom is -0.333 e. The van der Waals surface area contributed by atoms with Gasteiger partial charge in [-0.3, -0.25) is 4.79 Å². The van der Waals surface area contributed by atoms with Gasteiger partial charge in [0.25, 0.3) is 0 Å². The standard InChI is InChI=1S/C11H21NO/c1-10(2,3)12-9(13)7-6-8-11(12,4)5/h6-8H2,1-5H3. The number of carbonyl (C=O) groups is 1. The molecule has 0 spiro atoms. The highest BCUT2D eigenvalue weighted by molar-refractivity contribution is 5.78. The molecule has 1 aliphatic rings. The van der Waals surface area contributed by atoms with Crippen molar-refractivity contribution in [1.29, 1.82) is 0 Å². The average Bonchev–Trinajstić information content (AvgIpc) is 1.79. The van der Waals surface area contributed by atoms with Crippen molar-refractivity contribution < 1.29 is 4.79 Å². The zero-order valence-electron chi connectivity index (χ0n) is 9.48. The van der Waals surface area contributed by atoms with Gasteiger partial charge in [-0.05, 0) is 47.5 Å². The van der Waals surface area contributed by atoms with Gasteiger partial charge in [-0.1, -0.05) is 0 Å². The van der Waals surface area contributed by atoms with E-state index in [2.05, 4.69) is 34.6 Å². The van der Waals surface area contributed by atoms with Crippen LogP contribution in [0.4, 0.5) is 0 Å². The van der Waals surface area contributed by atoms with Gasteiger partial charge in [0.15, 0.2) is 0 Å². The molecule has 0 saturated carbocycles. The van der Waals surface area contributed by atoms with Crippen molar-refractivity contribution in [2.24, 2.45) is 0 Å².